The van der Waals surface area contributed by atoms with Crippen LogP contribution in [0.25, 0.3) is 0 Å². The van der Waals surface area contributed by atoms with Crippen LogP contribution in [-0.4, -0.2) is 17.9 Å². The molecule has 1 aromatic heterocycles. The molecule has 2 rings (SSSR count). The summed E-state index contributed by atoms with van der Waals surface area (Å²) < 4.78 is 6.03. The smallest absolute Gasteiger partial charge is 0.215 e. The number of aromatic nitrogens is 1. The van der Waals surface area contributed by atoms with E-state index in [1.54, 1.807) is 24.6 Å². The summed E-state index contributed by atoms with van der Waals surface area (Å²) in [6, 6.07) is 5.34. The number of rotatable bonds is 3. The number of nitrogens with zero attached hydrogens (tertiary/aromatic N) is 1. The van der Waals surface area contributed by atoms with Gasteiger partial charge in [0.25, 0.3) is 0 Å². The quantitative estimate of drug-likeness (QED) is 0.815. The molecule has 0 fully saturated rings. The van der Waals surface area contributed by atoms with E-state index in [-0.39, 0.29) is 5.78 Å². The molecule has 1 heterocycles. The Bertz CT molecular complexity index is 565. The Morgan fingerprint density at radius 1 is 1.47 bits per heavy atom. The summed E-state index contributed by atoms with van der Waals surface area (Å²) >= 11 is 4.81. The number of ether oxygens (including phenoxy) is 1. The minimum atomic E-state index is -0.118. The first-order chi connectivity index (χ1) is 8.11. The Morgan fingerprint density at radius 2 is 2.24 bits per heavy atom. The Morgan fingerprint density at radius 3 is 2.82 bits per heavy atom. The van der Waals surface area contributed by atoms with Crippen LogP contribution in [0.15, 0.2) is 28.1 Å². The average Bonchev–Trinajstić information content (AvgIpc) is 2.75. The maximum atomic E-state index is 12.2. The molecule has 0 unspecified atom stereocenters. The minimum absolute atomic E-state index is 0.118. The van der Waals surface area contributed by atoms with E-state index in [0.717, 1.165) is 9.48 Å². The Hall–Kier alpha value is -1.20. The zero-order valence-corrected chi connectivity index (χ0v) is 11.8. The van der Waals surface area contributed by atoms with Crippen molar-refractivity contribution in [1.29, 1.82) is 0 Å². The van der Waals surface area contributed by atoms with E-state index < -0.39 is 0 Å². The van der Waals surface area contributed by atoms with Crippen molar-refractivity contribution >= 4 is 33.0 Å². The zero-order chi connectivity index (χ0) is 12.4. The number of aryl methyl sites for hydroxylation is 1. The molecule has 0 N–H and O–H groups in total. The molecule has 17 heavy (non-hydrogen) atoms. The summed E-state index contributed by atoms with van der Waals surface area (Å²) in [5.74, 6) is 0.441. The monoisotopic (exact) mass is 311 g/mol. The molecule has 3 nitrogen and oxygen atoms in total. The number of benzene rings is 1. The fraction of sp³-hybridized carbons (Fsp3) is 0.167. The summed E-state index contributed by atoms with van der Waals surface area (Å²) in [7, 11) is 1.55. The number of methoxy groups -OCH3 is 1. The highest BCUT2D eigenvalue weighted by Crippen LogP contribution is 2.25. The van der Waals surface area contributed by atoms with Gasteiger partial charge in [-0.1, -0.05) is 15.9 Å². The molecular formula is C12H10BrNO2S. The number of thiazole rings is 1. The van der Waals surface area contributed by atoms with Crippen molar-refractivity contribution in [2.45, 2.75) is 6.92 Å². The van der Waals surface area contributed by atoms with Gasteiger partial charge < -0.3 is 4.74 Å². The summed E-state index contributed by atoms with van der Waals surface area (Å²) in [5.41, 5.74) is 0.982. The highest BCUT2D eigenvalue weighted by molar-refractivity contribution is 9.10. The van der Waals surface area contributed by atoms with Crippen LogP contribution in [0.4, 0.5) is 0 Å². The van der Waals surface area contributed by atoms with Crippen molar-refractivity contribution in [3.63, 3.8) is 0 Å². The zero-order valence-electron chi connectivity index (χ0n) is 9.36. The fourth-order valence-electron chi connectivity index (χ4n) is 1.46. The number of hydrogen-bond donors (Lipinski definition) is 0. The van der Waals surface area contributed by atoms with Gasteiger partial charge in [0.2, 0.25) is 5.78 Å². The third-order valence-electron chi connectivity index (χ3n) is 2.26. The average molecular weight is 312 g/mol. The van der Waals surface area contributed by atoms with Crippen molar-refractivity contribution < 1.29 is 9.53 Å². The lowest BCUT2D eigenvalue weighted by Gasteiger charge is -2.06. The lowest BCUT2D eigenvalue weighted by atomic mass is 10.1. The first-order valence-electron chi connectivity index (χ1n) is 4.92. The highest BCUT2D eigenvalue weighted by Gasteiger charge is 2.17. The van der Waals surface area contributed by atoms with E-state index in [0.29, 0.717) is 17.0 Å². The van der Waals surface area contributed by atoms with Crippen molar-refractivity contribution in [3.05, 3.63) is 44.3 Å². The van der Waals surface area contributed by atoms with E-state index in [1.807, 2.05) is 13.0 Å². The third kappa shape index (κ3) is 2.56. The number of carbonyl (C=O) groups is 1. The Balaban J connectivity index is 2.46. The second-order valence-corrected chi connectivity index (χ2v) is 5.40. The van der Waals surface area contributed by atoms with Crippen LogP contribution in [0, 0.1) is 6.92 Å². The molecule has 0 aliphatic heterocycles. The number of hydrogen-bond acceptors (Lipinski definition) is 4. The maximum Gasteiger partial charge on any atom is 0.215 e. The van der Waals surface area contributed by atoms with Crippen molar-refractivity contribution in [2.75, 3.05) is 7.11 Å². The van der Waals surface area contributed by atoms with Gasteiger partial charge in [0.05, 0.1) is 17.7 Å². The number of ketones is 1. The summed E-state index contributed by atoms with van der Waals surface area (Å²) in [6.45, 7) is 1.87. The summed E-state index contributed by atoms with van der Waals surface area (Å²) in [4.78, 5) is 16.4. The van der Waals surface area contributed by atoms with E-state index >= 15 is 0 Å². The molecule has 2 aromatic rings. The molecule has 0 aliphatic rings. The Labute approximate surface area is 112 Å². The molecule has 0 atom stereocenters. The standard InChI is InChI=1S/C12H10BrNO2S/c1-7-14-10(6-17-7)12(15)9-5-8(13)3-4-11(9)16-2/h3-6H,1-2H3. The van der Waals surface area contributed by atoms with Crippen molar-refractivity contribution in [2.24, 2.45) is 0 Å². The molecule has 0 aliphatic carbocycles. The lowest BCUT2D eigenvalue weighted by Crippen LogP contribution is -2.04. The van der Waals surface area contributed by atoms with Crippen LogP contribution in [0.3, 0.4) is 0 Å². The highest BCUT2D eigenvalue weighted by atomic mass is 79.9. The third-order valence-corrected chi connectivity index (χ3v) is 3.52. The van der Waals surface area contributed by atoms with Gasteiger partial charge in [-0.3, -0.25) is 4.79 Å². The van der Waals surface area contributed by atoms with Gasteiger partial charge in [-0.15, -0.1) is 11.3 Å². The van der Waals surface area contributed by atoms with Gasteiger partial charge in [-0.25, -0.2) is 4.98 Å². The second-order valence-electron chi connectivity index (χ2n) is 3.43. The lowest BCUT2D eigenvalue weighted by molar-refractivity contribution is 0.103. The SMILES string of the molecule is COc1ccc(Br)cc1C(=O)c1csc(C)n1. The van der Waals surface area contributed by atoms with Crippen LogP contribution >= 0.6 is 27.3 Å². The van der Waals surface area contributed by atoms with Crippen LogP contribution in [0.1, 0.15) is 21.1 Å². The molecule has 0 radical (unpaired) electrons. The molecule has 0 spiro atoms. The minimum Gasteiger partial charge on any atom is -0.496 e. The van der Waals surface area contributed by atoms with Crippen molar-refractivity contribution in [1.82, 2.24) is 4.98 Å². The van der Waals surface area contributed by atoms with Gasteiger partial charge in [-0.05, 0) is 25.1 Å². The Kier molecular flexibility index (Phi) is 3.59. The van der Waals surface area contributed by atoms with Crippen molar-refractivity contribution in [3.8, 4) is 5.75 Å². The molecule has 5 heteroatoms. The normalized spacial score (nSPS) is 10.3. The van der Waals surface area contributed by atoms with Gasteiger partial charge in [0.15, 0.2) is 0 Å². The second kappa shape index (κ2) is 4.98. The van der Waals surface area contributed by atoms with Crippen LogP contribution in [-0.2, 0) is 0 Å². The van der Waals surface area contributed by atoms with Gasteiger partial charge >= 0.3 is 0 Å². The summed E-state index contributed by atoms with van der Waals surface area (Å²) in [6.07, 6.45) is 0. The molecule has 88 valence electrons. The van der Waals surface area contributed by atoms with Gasteiger partial charge in [0, 0.05) is 9.85 Å². The van der Waals surface area contributed by atoms with Gasteiger partial charge in [-0.2, -0.15) is 0 Å². The molecule has 1 aromatic carbocycles. The number of carbonyl (C=O) groups excluding carboxylic acids is 1. The molecule has 0 saturated heterocycles. The van der Waals surface area contributed by atoms with Crippen LogP contribution in [0.5, 0.6) is 5.75 Å². The first kappa shape index (κ1) is 12.3. The maximum absolute atomic E-state index is 12.2. The first-order valence-corrected chi connectivity index (χ1v) is 6.59. The van der Waals surface area contributed by atoms with E-state index in [2.05, 4.69) is 20.9 Å². The molecule has 0 amide bonds. The van der Waals surface area contributed by atoms with E-state index in [9.17, 15) is 4.79 Å². The van der Waals surface area contributed by atoms with E-state index in [4.69, 9.17) is 4.74 Å². The topological polar surface area (TPSA) is 39.2 Å². The predicted molar refractivity (Wildman–Crippen MR) is 71.0 cm³/mol. The molecule has 0 bridgehead atoms. The van der Waals surface area contributed by atoms with Crippen LogP contribution in [0.2, 0.25) is 0 Å². The molecular weight excluding hydrogens is 302 g/mol. The number of halogens is 1. The molecule has 0 saturated carbocycles. The predicted octanol–water partition coefficient (Wildman–Crippen LogP) is 3.45. The van der Waals surface area contributed by atoms with Crippen LogP contribution < -0.4 is 4.74 Å². The summed E-state index contributed by atoms with van der Waals surface area (Å²) in [5, 5.41) is 2.64. The largest absolute Gasteiger partial charge is 0.496 e. The van der Waals surface area contributed by atoms with E-state index in [1.165, 1.54) is 11.3 Å². The van der Waals surface area contributed by atoms with Gasteiger partial charge in [0.1, 0.15) is 11.4 Å². The fourth-order valence-corrected chi connectivity index (χ4v) is 2.42.